The average Bonchev–Trinajstić information content (AvgIpc) is 2.89. The SMILES string of the molecule is Cc1sc2c(c1C)C(c1ccc(Cl)cc1)=NC(CC(N)=O)c1cc(=O)n(C)cc1-2. The highest BCUT2D eigenvalue weighted by molar-refractivity contribution is 7.16. The van der Waals surface area contributed by atoms with Gasteiger partial charge in [0.15, 0.2) is 0 Å². The van der Waals surface area contributed by atoms with E-state index in [1.54, 1.807) is 29.0 Å². The first-order valence-corrected chi connectivity index (χ1v) is 10.4. The van der Waals surface area contributed by atoms with Crippen molar-refractivity contribution in [1.29, 1.82) is 0 Å². The van der Waals surface area contributed by atoms with E-state index in [1.165, 1.54) is 4.88 Å². The smallest absolute Gasteiger partial charge is 0.250 e. The molecule has 0 saturated carbocycles. The van der Waals surface area contributed by atoms with E-state index in [1.807, 2.05) is 30.5 Å². The first kappa shape index (κ1) is 19.6. The Labute approximate surface area is 177 Å². The number of rotatable bonds is 3. The number of amides is 1. The number of benzene rings is 1. The van der Waals surface area contributed by atoms with Crippen LogP contribution in [-0.2, 0) is 11.8 Å². The molecule has 2 aromatic heterocycles. The van der Waals surface area contributed by atoms with Gasteiger partial charge >= 0.3 is 0 Å². The maximum absolute atomic E-state index is 12.4. The summed E-state index contributed by atoms with van der Waals surface area (Å²) in [5, 5.41) is 0.640. The van der Waals surface area contributed by atoms with Crippen LogP contribution in [0, 0.1) is 13.8 Å². The fraction of sp³-hybridized carbons (Fsp3) is 0.227. The third kappa shape index (κ3) is 3.43. The number of pyridine rings is 1. The van der Waals surface area contributed by atoms with Crippen molar-refractivity contribution < 1.29 is 4.79 Å². The normalized spacial score (nSPS) is 15.3. The van der Waals surface area contributed by atoms with Gasteiger partial charge in [0.25, 0.3) is 5.56 Å². The number of thiophene rings is 1. The van der Waals surface area contributed by atoms with Crippen LogP contribution >= 0.6 is 22.9 Å². The molecule has 3 aromatic rings. The Morgan fingerprint density at radius 3 is 2.62 bits per heavy atom. The quantitative estimate of drug-likeness (QED) is 0.684. The van der Waals surface area contributed by atoms with Crippen molar-refractivity contribution in [3.63, 3.8) is 0 Å². The summed E-state index contributed by atoms with van der Waals surface area (Å²) in [6, 6.07) is 8.54. The number of carbonyl (C=O) groups excluding carboxylic acids is 1. The molecular formula is C22H20ClN3O2S. The lowest BCUT2D eigenvalue weighted by Crippen LogP contribution is -2.20. The highest BCUT2D eigenvalue weighted by Gasteiger charge is 2.30. The molecule has 0 spiro atoms. The number of aryl methyl sites for hydroxylation is 2. The Hall–Kier alpha value is -2.70. The van der Waals surface area contributed by atoms with Crippen LogP contribution in [0.1, 0.15) is 39.6 Å². The summed E-state index contributed by atoms with van der Waals surface area (Å²) < 4.78 is 1.56. The van der Waals surface area contributed by atoms with Gasteiger partial charge in [-0.2, -0.15) is 0 Å². The minimum atomic E-state index is -0.526. The number of aromatic nitrogens is 1. The van der Waals surface area contributed by atoms with Crippen LogP contribution in [-0.4, -0.2) is 16.2 Å². The Kier molecular flexibility index (Phi) is 4.92. The molecule has 0 aliphatic carbocycles. The van der Waals surface area contributed by atoms with Crippen molar-refractivity contribution in [2.24, 2.45) is 17.8 Å². The van der Waals surface area contributed by atoms with Gasteiger partial charge in [-0.15, -0.1) is 11.3 Å². The highest BCUT2D eigenvalue weighted by atomic mass is 35.5. The molecule has 1 aliphatic rings. The fourth-order valence-electron chi connectivity index (χ4n) is 3.67. The van der Waals surface area contributed by atoms with Crippen LogP contribution in [0.2, 0.25) is 5.02 Å². The van der Waals surface area contributed by atoms with Gasteiger partial charge in [-0.3, -0.25) is 14.6 Å². The van der Waals surface area contributed by atoms with Crippen molar-refractivity contribution >= 4 is 34.6 Å². The molecule has 148 valence electrons. The molecule has 1 amide bonds. The van der Waals surface area contributed by atoms with E-state index in [-0.39, 0.29) is 12.0 Å². The van der Waals surface area contributed by atoms with Crippen molar-refractivity contribution in [1.82, 2.24) is 4.57 Å². The molecule has 7 heteroatoms. The second kappa shape index (κ2) is 7.28. The largest absolute Gasteiger partial charge is 0.370 e. The molecule has 0 saturated heterocycles. The first-order chi connectivity index (χ1) is 13.8. The Bertz CT molecular complexity index is 1220. The summed E-state index contributed by atoms with van der Waals surface area (Å²) >= 11 is 7.76. The molecular weight excluding hydrogens is 406 g/mol. The Morgan fingerprint density at radius 1 is 1.28 bits per heavy atom. The average molecular weight is 426 g/mol. The summed E-state index contributed by atoms with van der Waals surface area (Å²) in [6.07, 6.45) is 1.87. The summed E-state index contributed by atoms with van der Waals surface area (Å²) in [6.45, 7) is 4.16. The van der Waals surface area contributed by atoms with Crippen molar-refractivity contribution in [2.75, 3.05) is 0 Å². The van der Waals surface area contributed by atoms with Crippen LogP contribution in [0.3, 0.4) is 0 Å². The highest BCUT2D eigenvalue weighted by Crippen LogP contribution is 2.44. The number of primary amides is 1. The van der Waals surface area contributed by atoms with Gasteiger partial charge in [0.2, 0.25) is 5.91 Å². The van der Waals surface area contributed by atoms with Gasteiger partial charge in [0, 0.05) is 50.8 Å². The van der Waals surface area contributed by atoms with Gasteiger partial charge in [0.05, 0.1) is 18.2 Å². The number of carbonyl (C=O) groups is 1. The minimum absolute atomic E-state index is 0.0320. The van der Waals surface area contributed by atoms with Crippen molar-refractivity contribution in [3.05, 3.63) is 79.0 Å². The van der Waals surface area contributed by atoms with E-state index < -0.39 is 11.9 Å². The summed E-state index contributed by atoms with van der Waals surface area (Å²) in [5.41, 5.74) is 10.9. The molecule has 1 unspecified atom stereocenters. The maximum Gasteiger partial charge on any atom is 0.250 e. The number of hydrogen-bond donors (Lipinski definition) is 1. The van der Waals surface area contributed by atoms with E-state index in [0.717, 1.165) is 38.4 Å². The number of fused-ring (bicyclic) bond motifs is 3. The van der Waals surface area contributed by atoms with E-state index in [4.69, 9.17) is 22.3 Å². The molecule has 4 rings (SSSR count). The standard InChI is InChI=1S/C22H20ClN3O2S/c1-11-12(2)29-22-16-10-26(3)19(28)8-15(16)17(9-18(24)27)25-21(20(11)22)13-4-6-14(23)7-5-13/h4-8,10,17H,9H2,1-3H3,(H2,24,27). The minimum Gasteiger partial charge on any atom is -0.370 e. The summed E-state index contributed by atoms with van der Waals surface area (Å²) in [7, 11) is 1.73. The molecule has 29 heavy (non-hydrogen) atoms. The Balaban J connectivity index is 2.08. The molecule has 1 aromatic carbocycles. The topological polar surface area (TPSA) is 77.4 Å². The zero-order valence-corrected chi connectivity index (χ0v) is 17.9. The van der Waals surface area contributed by atoms with Crippen LogP contribution in [0.5, 0.6) is 0 Å². The van der Waals surface area contributed by atoms with E-state index in [0.29, 0.717) is 5.02 Å². The zero-order chi connectivity index (χ0) is 20.9. The lowest BCUT2D eigenvalue weighted by molar-refractivity contribution is -0.118. The van der Waals surface area contributed by atoms with Crippen LogP contribution < -0.4 is 11.3 Å². The zero-order valence-electron chi connectivity index (χ0n) is 16.3. The molecule has 3 heterocycles. The van der Waals surface area contributed by atoms with Gasteiger partial charge in [0.1, 0.15) is 0 Å². The molecule has 5 nitrogen and oxygen atoms in total. The fourth-order valence-corrected chi connectivity index (χ4v) is 4.99. The number of aliphatic imine (C=N–C) groups is 1. The van der Waals surface area contributed by atoms with Crippen LogP contribution in [0.15, 0.2) is 46.3 Å². The van der Waals surface area contributed by atoms with Gasteiger partial charge in [-0.25, -0.2) is 0 Å². The molecule has 1 atom stereocenters. The van der Waals surface area contributed by atoms with Crippen molar-refractivity contribution in [2.45, 2.75) is 26.3 Å². The molecule has 2 N–H and O–H groups in total. The van der Waals surface area contributed by atoms with Gasteiger partial charge in [-0.05, 0) is 37.1 Å². The third-order valence-corrected chi connectivity index (χ3v) is 6.78. The number of nitrogens with zero attached hydrogens (tertiary/aromatic N) is 2. The van der Waals surface area contributed by atoms with Crippen LogP contribution in [0.4, 0.5) is 0 Å². The van der Waals surface area contributed by atoms with Gasteiger partial charge in [-0.1, -0.05) is 23.7 Å². The monoisotopic (exact) mass is 425 g/mol. The number of halogens is 1. The van der Waals surface area contributed by atoms with E-state index in [2.05, 4.69) is 13.8 Å². The predicted molar refractivity (Wildman–Crippen MR) is 118 cm³/mol. The number of nitrogens with two attached hydrogens (primary N) is 1. The molecule has 0 bridgehead atoms. The molecule has 0 fully saturated rings. The lowest BCUT2D eigenvalue weighted by Gasteiger charge is -2.15. The van der Waals surface area contributed by atoms with Gasteiger partial charge < -0.3 is 10.3 Å². The van der Waals surface area contributed by atoms with Crippen molar-refractivity contribution in [3.8, 4) is 10.4 Å². The Morgan fingerprint density at radius 2 is 1.97 bits per heavy atom. The van der Waals surface area contributed by atoms with Crippen LogP contribution in [0.25, 0.3) is 10.4 Å². The maximum atomic E-state index is 12.4. The van der Waals surface area contributed by atoms with E-state index >= 15 is 0 Å². The third-order valence-electron chi connectivity index (χ3n) is 5.28. The summed E-state index contributed by atoms with van der Waals surface area (Å²) in [4.78, 5) is 31.4. The molecule has 0 radical (unpaired) electrons. The second-order valence-electron chi connectivity index (χ2n) is 7.25. The second-order valence-corrected chi connectivity index (χ2v) is 8.91. The lowest BCUT2D eigenvalue weighted by atomic mass is 9.95. The predicted octanol–water partition coefficient (Wildman–Crippen LogP) is 4.15. The molecule has 1 aliphatic heterocycles. The first-order valence-electron chi connectivity index (χ1n) is 9.19. The summed E-state index contributed by atoms with van der Waals surface area (Å²) in [5.74, 6) is -0.459. The van der Waals surface area contributed by atoms with E-state index in [9.17, 15) is 9.59 Å². The number of hydrogen-bond acceptors (Lipinski definition) is 4.